The van der Waals surface area contributed by atoms with Crippen LogP contribution in [0, 0.1) is 0 Å². The lowest BCUT2D eigenvalue weighted by Crippen LogP contribution is -1.99. The molecule has 2 heterocycles. The highest BCUT2D eigenvalue weighted by Crippen LogP contribution is 2.16. The SMILES string of the molecule is c1cc(CN=Nc2ccc(C3=NCCO3)cc2)ccn1. The van der Waals surface area contributed by atoms with E-state index in [1.54, 1.807) is 12.4 Å². The molecule has 0 unspecified atom stereocenters. The van der Waals surface area contributed by atoms with Crippen LogP contribution in [0.25, 0.3) is 0 Å². The zero-order valence-electron chi connectivity index (χ0n) is 10.9. The third-order valence-corrected chi connectivity index (χ3v) is 2.89. The third kappa shape index (κ3) is 3.06. The van der Waals surface area contributed by atoms with Crippen molar-refractivity contribution in [1.29, 1.82) is 0 Å². The van der Waals surface area contributed by atoms with Gasteiger partial charge in [0.1, 0.15) is 6.61 Å². The Morgan fingerprint density at radius 1 is 1.05 bits per heavy atom. The van der Waals surface area contributed by atoms with Gasteiger partial charge in [0.15, 0.2) is 0 Å². The number of azo groups is 1. The van der Waals surface area contributed by atoms with Crippen molar-refractivity contribution < 1.29 is 4.74 Å². The van der Waals surface area contributed by atoms with Gasteiger partial charge in [0.25, 0.3) is 0 Å². The first-order chi connectivity index (χ1) is 9.92. The summed E-state index contributed by atoms with van der Waals surface area (Å²) < 4.78 is 5.41. The maximum atomic E-state index is 5.41. The van der Waals surface area contributed by atoms with Crippen LogP contribution >= 0.6 is 0 Å². The summed E-state index contributed by atoms with van der Waals surface area (Å²) in [6.07, 6.45) is 3.50. The highest BCUT2D eigenvalue weighted by atomic mass is 16.5. The van der Waals surface area contributed by atoms with Crippen LogP contribution in [0.3, 0.4) is 0 Å². The van der Waals surface area contributed by atoms with E-state index in [0.717, 1.165) is 23.4 Å². The predicted octanol–water partition coefficient (Wildman–Crippen LogP) is 3.14. The zero-order valence-corrected chi connectivity index (χ0v) is 10.9. The van der Waals surface area contributed by atoms with Crippen molar-refractivity contribution in [3.8, 4) is 0 Å². The van der Waals surface area contributed by atoms with Crippen molar-refractivity contribution in [2.45, 2.75) is 6.54 Å². The Hall–Kier alpha value is -2.56. The van der Waals surface area contributed by atoms with E-state index in [4.69, 9.17) is 4.74 Å². The summed E-state index contributed by atoms with van der Waals surface area (Å²) in [5, 5.41) is 8.37. The molecule has 2 aromatic rings. The molecule has 100 valence electrons. The fourth-order valence-corrected chi connectivity index (χ4v) is 1.87. The van der Waals surface area contributed by atoms with Gasteiger partial charge in [0.2, 0.25) is 5.90 Å². The summed E-state index contributed by atoms with van der Waals surface area (Å²) in [5.41, 5.74) is 2.89. The number of aliphatic imine (C=N–C) groups is 1. The summed E-state index contributed by atoms with van der Waals surface area (Å²) in [6, 6.07) is 11.6. The van der Waals surface area contributed by atoms with Gasteiger partial charge in [-0.2, -0.15) is 10.2 Å². The summed E-state index contributed by atoms with van der Waals surface area (Å²) in [6.45, 7) is 1.96. The number of hydrogen-bond donors (Lipinski definition) is 0. The van der Waals surface area contributed by atoms with Crippen molar-refractivity contribution >= 4 is 11.6 Å². The van der Waals surface area contributed by atoms with Crippen molar-refractivity contribution in [1.82, 2.24) is 4.98 Å². The van der Waals surface area contributed by atoms with Crippen molar-refractivity contribution in [2.75, 3.05) is 13.2 Å². The Morgan fingerprint density at radius 2 is 1.85 bits per heavy atom. The van der Waals surface area contributed by atoms with Crippen LogP contribution in [0.1, 0.15) is 11.1 Å². The monoisotopic (exact) mass is 266 g/mol. The molecule has 0 N–H and O–H groups in total. The lowest BCUT2D eigenvalue weighted by molar-refractivity contribution is 0.348. The van der Waals surface area contributed by atoms with Gasteiger partial charge in [-0.3, -0.25) is 4.98 Å². The molecule has 1 aromatic heterocycles. The minimum absolute atomic E-state index is 0.556. The van der Waals surface area contributed by atoms with Crippen molar-refractivity contribution in [2.24, 2.45) is 15.2 Å². The first-order valence-electron chi connectivity index (χ1n) is 6.46. The number of nitrogens with zero attached hydrogens (tertiary/aromatic N) is 4. The Kier molecular flexibility index (Phi) is 3.78. The average Bonchev–Trinajstić information content (AvgIpc) is 3.03. The normalized spacial score (nSPS) is 14.3. The molecule has 0 atom stereocenters. The molecular weight excluding hydrogens is 252 g/mol. The average molecular weight is 266 g/mol. The van der Waals surface area contributed by atoms with Crippen LogP contribution in [-0.4, -0.2) is 24.0 Å². The molecule has 1 aliphatic rings. The molecule has 5 nitrogen and oxygen atoms in total. The molecule has 0 radical (unpaired) electrons. The lowest BCUT2D eigenvalue weighted by atomic mass is 10.2. The zero-order chi connectivity index (χ0) is 13.6. The first kappa shape index (κ1) is 12.5. The highest BCUT2D eigenvalue weighted by Gasteiger charge is 2.09. The largest absolute Gasteiger partial charge is 0.476 e. The van der Waals surface area contributed by atoms with Crippen LogP contribution in [-0.2, 0) is 11.3 Å². The van der Waals surface area contributed by atoms with Gasteiger partial charge in [-0.1, -0.05) is 0 Å². The van der Waals surface area contributed by atoms with Gasteiger partial charge in [0.05, 0.1) is 18.8 Å². The summed E-state index contributed by atoms with van der Waals surface area (Å²) >= 11 is 0. The molecule has 0 fully saturated rings. The van der Waals surface area contributed by atoms with Gasteiger partial charge in [-0.05, 0) is 42.0 Å². The first-order valence-corrected chi connectivity index (χ1v) is 6.46. The lowest BCUT2D eigenvalue weighted by Gasteiger charge is -2.01. The fraction of sp³-hybridized carbons (Fsp3) is 0.200. The van der Waals surface area contributed by atoms with Crippen molar-refractivity contribution in [3.05, 3.63) is 59.9 Å². The number of benzene rings is 1. The van der Waals surface area contributed by atoms with E-state index in [-0.39, 0.29) is 0 Å². The third-order valence-electron chi connectivity index (χ3n) is 2.89. The molecule has 20 heavy (non-hydrogen) atoms. The maximum absolute atomic E-state index is 5.41. The minimum Gasteiger partial charge on any atom is -0.476 e. The predicted molar refractivity (Wildman–Crippen MR) is 76.3 cm³/mol. The molecular formula is C15H14N4O. The second kappa shape index (κ2) is 6.06. The highest BCUT2D eigenvalue weighted by molar-refractivity contribution is 5.95. The van der Waals surface area contributed by atoms with E-state index in [2.05, 4.69) is 20.2 Å². The molecule has 1 aromatic carbocycles. The smallest absolute Gasteiger partial charge is 0.216 e. The van der Waals surface area contributed by atoms with Crippen LogP contribution in [0.15, 0.2) is 64.0 Å². The van der Waals surface area contributed by atoms with Gasteiger partial charge in [-0.15, -0.1) is 0 Å². The Bertz CT molecular complexity index is 620. The molecule has 3 rings (SSSR count). The second-order valence-electron chi connectivity index (χ2n) is 4.34. The topological polar surface area (TPSA) is 59.2 Å². The molecule has 1 aliphatic heterocycles. The molecule has 0 amide bonds. The van der Waals surface area contributed by atoms with Gasteiger partial charge >= 0.3 is 0 Å². The number of ether oxygens (including phenoxy) is 1. The summed E-state index contributed by atoms with van der Waals surface area (Å²) in [5.74, 6) is 0.713. The molecule has 0 saturated carbocycles. The second-order valence-corrected chi connectivity index (χ2v) is 4.34. The Morgan fingerprint density at radius 3 is 2.55 bits per heavy atom. The fourth-order valence-electron chi connectivity index (χ4n) is 1.87. The number of pyridine rings is 1. The van der Waals surface area contributed by atoms with E-state index < -0.39 is 0 Å². The van der Waals surface area contributed by atoms with E-state index in [1.165, 1.54) is 0 Å². The maximum Gasteiger partial charge on any atom is 0.216 e. The molecule has 0 aliphatic carbocycles. The van der Waals surface area contributed by atoms with Crippen LogP contribution in [0.5, 0.6) is 0 Å². The summed E-state index contributed by atoms with van der Waals surface area (Å²) in [7, 11) is 0. The molecule has 0 bridgehead atoms. The Balaban J connectivity index is 1.63. The minimum atomic E-state index is 0.556. The van der Waals surface area contributed by atoms with Gasteiger partial charge in [0, 0.05) is 18.0 Å². The number of rotatable bonds is 4. The molecule has 0 saturated heterocycles. The van der Waals surface area contributed by atoms with E-state index in [0.29, 0.717) is 19.0 Å². The van der Waals surface area contributed by atoms with Crippen LogP contribution in [0.4, 0.5) is 5.69 Å². The van der Waals surface area contributed by atoms with Crippen molar-refractivity contribution in [3.63, 3.8) is 0 Å². The molecule has 5 heteroatoms. The van der Waals surface area contributed by atoms with Crippen LogP contribution < -0.4 is 0 Å². The van der Waals surface area contributed by atoms with E-state index in [1.807, 2.05) is 36.4 Å². The van der Waals surface area contributed by atoms with Crippen LogP contribution in [0.2, 0.25) is 0 Å². The molecule has 0 spiro atoms. The number of hydrogen-bond acceptors (Lipinski definition) is 5. The quantitative estimate of drug-likeness (QED) is 0.798. The van der Waals surface area contributed by atoms with Gasteiger partial charge < -0.3 is 4.74 Å². The van der Waals surface area contributed by atoms with E-state index in [9.17, 15) is 0 Å². The standard InChI is InChI=1S/C15H14N4O/c1-3-14(4-2-13(1)15-17-9-10-20-15)19-18-11-12-5-7-16-8-6-12/h1-8H,9-11H2. The van der Waals surface area contributed by atoms with E-state index >= 15 is 0 Å². The summed E-state index contributed by atoms with van der Waals surface area (Å²) in [4.78, 5) is 8.24. The number of aromatic nitrogens is 1. The van der Waals surface area contributed by atoms with Gasteiger partial charge in [-0.25, -0.2) is 4.99 Å². The Labute approximate surface area is 117 Å².